The minimum absolute atomic E-state index is 0.00479. The van der Waals surface area contributed by atoms with E-state index in [4.69, 9.17) is 13.8 Å². The number of hydrogen-bond acceptors (Lipinski definition) is 7. The summed E-state index contributed by atoms with van der Waals surface area (Å²) in [6, 6.07) is 8.34. The van der Waals surface area contributed by atoms with E-state index in [0.717, 1.165) is 6.92 Å². The smallest absolute Gasteiger partial charge is 0.406 e. The third kappa shape index (κ3) is 4.87. The Morgan fingerprint density at radius 3 is 2.21 bits per heavy atom. The van der Waals surface area contributed by atoms with Crippen molar-refractivity contribution in [2.45, 2.75) is 38.9 Å². The van der Waals surface area contributed by atoms with Gasteiger partial charge in [0.25, 0.3) is 0 Å². The van der Waals surface area contributed by atoms with Gasteiger partial charge in [-0.1, -0.05) is 18.2 Å². The molecule has 0 bridgehead atoms. The maximum absolute atomic E-state index is 12.8. The lowest BCUT2D eigenvalue weighted by molar-refractivity contribution is -0.541. The van der Waals surface area contributed by atoms with Crippen LogP contribution in [0.5, 0.6) is 5.75 Å². The molecule has 0 fully saturated rings. The molecule has 0 saturated heterocycles. The first kappa shape index (κ1) is 20.3. The minimum atomic E-state index is -4.04. The van der Waals surface area contributed by atoms with E-state index < -0.39 is 23.8 Å². The molecule has 24 heavy (non-hydrogen) atoms. The highest BCUT2D eigenvalue weighted by Gasteiger charge is 2.58. The summed E-state index contributed by atoms with van der Waals surface area (Å²) in [6.07, 6.45) is -0.626. The fraction of sp³-hybridized carbons (Fsp3) is 0.533. The molecular formula is C15H22NO7P. The predicted molar refractivity (Wildman–Crippen MR) is 87.6 cm³/mol. The summed E-state index contributed by atoms with van der Waals surface area (Å²) in [6.45, 7) is 4.28. The molecule has 1 unspecified atom stereocenters. The minimum Gasteiger partial charge on any atom is -0.427 e. The molecule has 0 aliphatic heterocycles. The topological polar surface area (TPSA) is 105 Å². The number of para-hydroxylation sites is 1. The molecule has 0 spiro atoms. The van der Waals surface area contributed by atoms with Crippen LogP contribution in [0.4, 0.5) is 0 Å². The fourth-order valence-electron chi connectivity index (χ4n) is 1.99. The molecule has 0 aromatic heterocycles. The van der Waals surface area contributed by atoms with E-state index in [0.29, 0.717) is 5.75 Å². The highest BCUT2D eigenvalue weighted by Crippen LogP contribution is 2.61. The zero-order chi connectivity index (χ0) is 18.2. The zero-order valence-electron chi connectivity index (χ0n) is 14.0. The van der Waals surface area contributed by atoms with E-state index in [2.05, 4.69) is 0 Å². The molecule has 0 aliphatic carbocycles. The first-order valence-electron chi connectivity index (χ1n) is 7.58. The Bertz CT molecular complexity index is 597. The maximum atomic E-state index is 12.8. The van der Waals surface area contributed by atoms with Gasteiger partial charge in [0.1, 0.15) is 5.75 Å². The van der Waals surface area contributed by atoms with Crippen LogP contribution >= 0.6 is 7.60 Å². The van der Waals surface area contributed by atoms with Crippen LogP contribution in [0.25, 0.3) is 0 Å². The molecule has 1 aromatic carbocycles. The van der Waals surface area contributed by atoms with Crippen molar-refractivity contribution in [1.29, 1.82) is 0 Å². The number of ether oxygens (including phenoxy) is 1. The Hall–Kier alpha value is -1.76. The highest BCUT2D eigenvalue weighted by molar-refractivity contribution is 7.55. The van der Waals surface area contributed by atoms with Crippen LogP contribution in [-0.2, 0) is 18.4 Å². The van der Waals surface area contributed by atoms with Gasteiger partial charge in [0.15, 0.2) is 0 Å². The normalized spacial score (nSPS) is 14.0. The maximum Gasteiger partial charge on any atom is 0.406 e. The highest BCUT2D eigenvalue weighted by atomic mass is 31.2. The third-order valence-corrected chi connectivity index (χ3v) is 6.12. The summed E-state index contributed by atoms with van der Waals surface area (Å²) >= 11 is 0. The number of hydrogen-bond donors (Lipinski definition) is 0. The van der Waals surface area contributed by atoms with Crippen LogP contribution in [0.3, 0.4) is 0 Å². The summed E-state index contributed by atoms with van der Waals surface area (Å²) in [5.74, 6) is -0.322. The van der Waals surface area contributed by atoms with E-state index in [1.54, 1.807) is 44.2 Å². The van der Waals surface area contributed by atoms with Crippen molar-refractivity contribution in [2.24, 2.45) is 0 Å². The van der Waals surface area contributed by atoms with Gasteiger partial charge < -0.3 is 13.8 Å². The van der Waals surface area contributed by atoms with Crippen molar-refractivity contribution in [2.75, 3.05) is 13.2 Å². The molecule has 0 aliphatic rings. The lowest BCUT2D eigenvalue weighted by atomic mass is 10.2. The lowest BCUT2D eigenvalue weighted by Gasteiger charge is -2.28. The number of esters is 1. The van der Waals surface area contributed by atoms with Crippen molar-refractivity contribution in [3.05, 3.63) is 40.4 Å². The molecule has 0 N–H and O–H groups in total. The molecule has 0 radical (unpaired) electrons. The summed E-state index contributed by atoms with van der Waals surface area (Å²) in [7, 11) is -4.04. The Balaban J connectivity index is 2.86. The Morgan fingerprint density at radius 2 is 1.75 bits per heavy atom. The molecule has 0 amide bonds. The van der Waals surface area contributed by atoms with Crippen LogP contribution in [0.1, 0.15) is 33.6 Å². The summed E-state index contributed by atoms with van der Waals surface area (Å²) in [5, 5.41) is 9.48. The van der Waals surface area contributed by atoms with Gasteiger partial charge in [0.2, 0.25) is 0 Å². The summed E-state index contributed by atoms with van der Waals surface area (Å²) in [5.41, 5.74) is 0. The Kier molecular flexibility index (Phi) is 7.54. The molecule has 1 aromatic rings. The average Bonchev–Trinajstić information content (AvgIpc) is 2.53. The number of carbonyl (C=O) groups excluding carboxylic acids is 1. The molecule has 1 atom stereocenters. The molecule has 134 valence electrons. The number of benzene rings is 1. The van der Waals surface area contributed by atoms with Crippen molar-refractivity contribution < 1.29 is 28.1 Å². The molecular weight excluding hydrogens is 337 g/mol. The summed E-state index contributed by atoms with van der Waals surface area (Å²) < 4.78 is 28.1. The van der Waals surface area contributed by atoms with Gasteiger partial charge in [-0.3, -0.25) is 19.5 Å². The van der Waals surface area contributed by atoms with Gasteiger partial charge in [-0.25, -0.2) is 0 Å². The second-order valence-electron chi connectivity index (χ2n) is 5.09. The van der Waals surface area contributed by atoms with Gasteiger partial charge in [-0.2, -0.15) is 0 Å². The number of rotatable bonds is 10. The van der Waals surface area contributed by atoms with Crippen LogP contribution in [-0.4, -0.2) is 29.4 Å². The standard InChI is InChI=1S/C15H22NO7P/c1-4-21-24(20,22-5-2)15(3,16(18)19)12-11-14(17)23-13-9-7-6-8-10-13/h6-10H,4-5,11-12H2,1-3H3. The Labute approximate surface area is 140 Å². The summed E-state index contributed by atoms with van der Waals surface area (Å²) in [4.78, 5) is 22.7. The van der Waals surface area contributed by atoms with Crippen LogP contribution in [0, 0.1) is 10.1 Å². The van der Waals surface area contributed by atoms with Gasteiger partial charge in [0, 0.05) is 18.3 Å². The van der Waals surface area contributed by atoms with E-state index in [-0.39, 0.29) is 26.1 Å². The second kappa shape index (κ2) is 8.92. The van der Waals surface area contributed by atoms with Crippen LogP contribution in [0.2, 0.25) is 0 Å². The van der Waals surface area contributed by atoms with Crippen molar-refractivity contribution in [1.82, 2.24) is 0 Å². The molecule has 8 nitrogen and oxygen atoms in total. The zero-order valence-corrected chi connectivity index (χ0v) is 14.9. The number of nitrogens with zero attached hydrogens (tertiary/aromatic N) is 1. The quantitative estimate of drug-likeness (QED) is 0.206. The van der Waals surface area contributed by atoms with E-state index in [1.807, 2.05) is 0 Å². The molecule has 0 heterocycles. The molecule has 0 saturated carbocycles. The SMILES string of the molecule is CCOP(=O)(OCC)C(C)(CCC(=O)Oc1ccccc1)[N+](=O)[O-]. The van der Waals surface area contributed by atoms with E-state index in [1.165, 1.54) is 0 Å². The third-order valence-electron chi connectivity index (χ3n) is 3.36. The van der Waals surface area contributed by atoms with Crippen molar-refractivity contribution >= 4 is 13.6 Å². The average molecular weight is 359 g/mol. The first-order chi connectivity index (χ1) is 11.3. The number of nitro groups is 1. The van der Waals surface area contributed by atoms with Gasteiger partial charge in [0.05, 0.1) is 19.6 Å². The molecule has 1 rings (SSSR count). The lowest BCUT2D eigenvalue weighted by Crippen LogP contribution is -2.37. The van der Waals surface area contributed by atoms with Crippen LogP contribution in [0.15, 0.2) is 30.3 Å². The number of carbonyl (C=O) groups is 1. The van der Waals surface area contributed by atoms with Crippen LogP contribution < -0.4 is 4.74 Å². The largest absolute Gasteiger partial charge is 0.427 e. The Morgan fingerprint density at radius 1 is 1.21 bits per heavy atom. The monoisotopic (exact) mass is 359 g/mol. The van der Waals surface area contributed by atoms with Gasteiger partial charge in [-0.05, 0) is 26.0 Å². The van der Waals surface area contributed by atoms with Crippen molar-refractivity contribution in [3.63, 3.8) is 0 Å². The van der Waals surface area contributed by atoms with Gasteiger partial charge >= 0.3 is 18.8 Å². The first-order valence-corrected chi connectivity index (χ1v) is 9.12. The molecule has 9 heteroatoms. The van der Waals surface area contributed by atoms with E-state index >= 15 is 0 Å². The fourth-order valence-corrected chi connectivity index (χ4v) is 3.89. The second-order valence-corrected chi connectivity index (χ2v) is 7.57. The van der Waals surface area contributed by atoms with Gasteiger partial charge in [-0.15, -0.1) is 0 Å². The van der Waals surface area contributed by atoms with E-state index in [9.17, 15) is 19.5 Å². The predicted octanol–water partition coefficient (Wildman–Crippen LogP) is 3.63. The van der Waals surface area contributed by atoms with Crippen molar-refractivity contribution in [3.8, 4) is 5.75 Å².